The van der Waals surface area contributed by atoms with E-state index in [9.17, 15) is 50.0 Å². The van der Waals surface area contributed by atoms with Crippen molar-refractivity contribution in [1.82, 2.24) is 5.32 Å². The Morgan fingerprint density at radius 1 is 0.673 bits per heavy atom. The third-order valence-corrected chi connectivity index (χ3v) is 10.9. The third-order valence-electron chi connectivity index (χ3n) is 9.87. The van der Waals surface area contributed by atoms with Crippen molar-refractivity contribution in [2.45, 2.75) is 216 Å². The number of aliphatic hydroxyl groups is 7. The summed E-state index contributed by atoms with van der Waals surface area (Å²) < 4.78 is 22.7. The molecule has 0 aromatic carbocycles. The van der Waals surface area contributed by atoms with E-state index in [4.69, 9.17) is 9.05 Å². The number of allylic oxidation sites excluding steroid dienone is 1. The highest BCUT2D eigenvalue weighted by molar-refractivity contribution is 7.47. The van der Waals surface area contributed by atoms with Gasteiger partial charge in [-0.05, 0) is 19.3 Å². The maximum Gasteiger partial charge on any atom is 0.472 e. The van der Waals surface area contributed by atoms with E-state index < -0.39 is 75.2 Å². The molecule has 0 aliphatic heterocycles. The van der Waals surface area contributed by atoms with Crippen molar-refractivity contribution < 1.29 is 59.0 Å². The summed E-state index contributed by atoms with van der Waals surface area (Å²) >= 11 is 0. The maximum absolute atomic E-state index is 12.9. The lowest BCUT2D eigenvalue weighted by molar-refractivity contribution is -0.220. The van der Waals surface area contributed by atoms with E-state index in [0.29, 0.717) is 12.8 Å². The number of nitrogens with one attached hydrogen (secondary N) is 1. The minimum atomic E-state index is -5.13. The first-order chi connectivity index (χ1) is 24.8. The monoisotopic (exact) mass is 767 g/mol. The van der Waals surface area contributed by atoms with E-state index in [2.05, 4.69) is 19.2 Å². The molecule has 308 valence electrons. The predicted molar refractivity (Wildman–Crippen MR) is 201 cm³/mol. The lowest BCUT2D eigenvalue weighted by Crippen LogP contribution is -2.64. The first-order valence-corrected chi connectivity index (χ1v) is 21.7. The molecule has 8 atom stereocenters. The number of rotatable bonds is 32. The van der Waals surface area contributed by atoms with Gasteiger partial charge >= 0.3 is 7.82 Å². The minimum absolute atomic E-state index is 0.241. The van der Waals surface area contributed by atoms with Crippen molar-refractivity contribution >= 4 is 13.7 Å². The van der Waals surface area contributed by atoms with Crippen LogP contribution in [0.1, 0.15) is 162 Å². The number of amides is 1. The normalized spacial score (nSPS) is 25.2. The van der Waals surface area contributed by atoms with Crippen LogP contribution in [0.3, 0.4) is 0 Å². The van der Waals surface area contributed by atoms with Crippen LogP contribution in [0.15, 0.2) is 12.2 Å². The van der Waals surface area contributed by atoms with Crippen molar-refractivity contribution in [3.8, 4) is 0 Å². The first kappa shape index (κ1) is 49.1. The van der Waals surface area contributed by atoms with Gasteiger partial charge in [-0.25, -0.2) is 4.57 Å². The van der Waals surface area contributed by atoms with E-state index in [1.54, 1.807) is 6.08 Å². The number of hydrogen-bond acceptors (Lipinski definition) is 11. The molecule has 0 saturated heterocycles. The quantitative estimate of drug-likeness (QED) is 0.0248. The molecule has 1 aliphatic carbocycles. The molecule has 0 heterocycles. The van der Waals surface area contributed by atoms with Crippen LogP contribution in [0.5, 0.6) is 0 Å². The standard InChI is InChI=1S/C38H74NO12P/c1-3-5-7-9-11-13-15-17-19-21-23-25-29(40)27-32(42)39-30(31(41)26-24-22-20-18-16-14-12-10-8-6-4-2)28-50-52(48,49)51-38-36(46)34(44)33(43)35(45)37(38)47/h24,26,29-31,33-38,40-41,43-47H,3-23,25,27-28H2,1-2H3,(H,39,42)(H,48,49)/b26-24+. The summed E-state index contributed by atoms with van der Waals surface area (Å²) in [5.41, 5.74) is 0. The smallest absolute Gasteiger partial charge is 0.393 e. The van der Waals surface area contributed by atoms with Gasteiger partial charge in [0, 0.05) is 0 Å². The van der Waals surface area contributed by atoms with Crippen LogP contribution < -0.4 is 5.32 Å². The molecule has 1 fully saturated rings. The summed E-state index contributed by atoms with van der Waals surface area (Å²) in [6.07, 6.45) is 13.2. The van der Waals surface area contributed by atoms with Crippen LogP contribution in [0.25, 0.3) is 0 Å². The predicted octanol–water partition coefficient (Wildman–Crippen LogP) is 5.08. The number of unbranched alkanes of at least 4 members (excludes halogenated alkanes) is 19. The molecule has 1 aliphatic rings. The second-order valence-electron chi connectivity index (χ2n) is 14.7. The second-order valence-corrected chi connectivity index (χ2v) is 16.1. The van der Waals surface area contributed by atoms with Gasteiger partial charge in [0.05, 0.1) is 31.3 Å². The molecule has 1 saturated carbocycles. The number of hydrogen-bond donors (Lipinski definition) is 9. The molecule has 1 amide bonds. The largest absolute Gasteiger partial charge is 0.472 e. The highest BCUT2D eigenvalue weighted by Gasteiger charge is 2.51. The molecule has 1 rings (SSSR count). The number of aliphatic hydroxyl groups excluding tert-OH is 7. The zero-order chi connectivity index (χ0) is 38.8. The van der Waals surface area contributed by atoms with Gasteiger partial charge in [0.25, 0.3) is 0 Å². The molecule has 0 spiro atoms. The van der Waals surface area contributed by atoms with Gasteiger partial charge in [-0.1, -0.05) is 148 Å². The molecule has 0 radical (unpaired) electrons. The van der Waals surface area contributed by atoms with E-state index in [1.165, 1.54) is 89.5 Å². The number of phosphoric acid groups is 1. The van der Waals surface area contributed by atoms with Crippen molar-refractivity contribution in [3.63, 3.8) is 0 Å². The summed E-state index contributed by atoms with van der Waals surface area (Å²) in [5.74, 6) is -0.595. The van der Waals surface area contributed by atoms with E-state index >= 15 is 0 Å². The fraction of sp³-hybridized carbons (Fsp3) is 0.921. The van der Waals surface area contributed by atoms with Crippen LogP contribution >= 0.6 is 7.82 Å². The van der Waals surface area contributed by atoms with Crippen molar-refractivity contribution in [3.05, 3.63) is 12.2 Å². The van der Waals surface area contributed by atoms with Gasteiger partial charge in [0.2, 0.25) is 5.91 Å². The Hall–Kier alpha value is -0.960. The summed E-state index contributed by atoms with van der Waals surface area (Å²) in [6, 6.07) is -1.23. The fourth-order valence-corrected chi connectivity index (χ4v) is 7.44. The Morgan fingerprint density at radius 3 is 1.58 bits per heavy atom. The average molecular weight is 768 g/mol. The van der Waals surface area contributed by atoms with Crippen LogP contribution in [-0.4, -0.2) is 108 Å². The maximum atomic E-state index is 12.9. The highest BCUT2D eigenvalue weighted by Crippen LogP contribution is 2.47. The summed E-state index contributed by atoms with van der Waals surface area (Å²) in [5, 5.41) is 74.0. The summed E-state index contributed by atoms with van der Waals surface area (Å²) in [4.78, 5) is 23.3. The number of phosphoric ester groups is 1. The van der Waals surface area contributed by atoms with Crippen LogP contribution in [-0.2, 0) is 18.4 Å². The molecule has 0 aromatic heterocycles. The van der Waals surface area contributed by atoms with E-state index in [1.807, 2.05) is 0 Å². The van der Waals surface area contributed by atoms with Crippen LogP contribution in [0.2, 0.25) is 0 Å². The summed E-state index contributed by atoms with van der Waals surface area (Å²) in [7, 11) is -5.13. The van der Waals surface area contributed by atoms with Gasteiger partial charge < -0.3 is 46.0 Å². The van der Waals surface area contributed by atoms with Gasteiger partial charge in [-0.3, -0.25) is 13.8 Å². The highest BCUT2D eigenvalue weighted by atomic mass is 31.2. The van der Waals surface area contributed by atoms with Crippen molar-refractivity contribution in [2.24, 2.45) is 0 Å². The molecule has 0 aromatic rings. The Labute approximate surface area is 312 Å². The summed E-state index contributed by atoms with van der Waals surface area (Å²) in [6.45, 7) is 3.68. The molecule has 0 bridgehead atoms. The van der Waals surface area contributed by atoms with Gasteiger partial charge in [0.1, 0.15) is 36.6 Å². The van der Waals surface area contributed by atoms with E-state index in [0.717, 1.165) is 44.9 Å². The molecule has 9 N–H and O–H groups in total. The fourth-order valence-electron chi connectivity index (χ4n) is 6.47. The topological polar surface area (TPSA) is 226 Å². The SMILES string of the molecule is CCCCCCCCCCC/C=C/C(O)C(COP(=O)(O)OC1C(O)C(O)C(O)C(O)C1O)NC(=O)CC(O)CCCCCCCCCCCCC. The second kappa shape index (κ2) is 29.3. The Balaban J connectivity index is 2.65. The minimum Gasteiger partial charge on any atom is -0.393 e. The molecule has 8 unspecified atom stereocenters. The Kier molecular flexibility index (Phi) is 27.7. The molecular weight excluding hydrogens is 693 g/mol. The first-order valence-electron chi connectivity index (χ1n) is 20.2. The number of carbonyl (C=O) groups excluding carboxylic acids is 1. The van der Waals surface area contributed by atoms with Crippen LogP contribution in [0.4, 0.5) is 0 Å². The molecule has 14 heteroatoms. The van der Waals surface area contributed by atoms with Gasteiger partial charge in [0.15, 0.2) is 0 Å². The average Bonchev–Trinajstić information content (AvgIpc) is 3.11. The zero-order valence-electron chi connectivity index (χ0n) is 32.0. The van der Waals surface area contributed by atoms with Gasteiger partial charge in [-0.15, -0.1) is 0 Å². The van der Waals surface area contributed by atoms with Crippen molar-refractivity contribution in [2.75, 3.05) is 6.61 Å². The Morgan fingerprint density at radius 2 is 1.10 bits per heavy atom. The lowest BCUT2D eigenvalue weighted by atomic mass is 9.85. The lowest BCUT2D eigenvalue weighted by Gasteiger charge is -2.41. The molecule has 13 nitrogen and oxygen atoms in total. The van der Waals surface area contributed by atoms with Crippen molar-refractivity contribution in [1.29, 1.82) is 0 Å². The Bertz CT molecular complexity index is 958. The third kappa shape index (κ3) is 21.8. The van der Waals surface area contributed by atoms with E-state index in [-0.39, 0.29) is 6.42 Å². The zero-order valence-corrected chi connectivity index (χ0v) is 32.9. The number of carbonyl (C=O) groups is 1. The molecular formula is C38H74NO12P. The molecule has 52 heavy (non-hydrogen) atoms. The van der Waals surface area contributed by atoms with Gasteiger partial charge in [-0.2, -0.15) is 0 Å². The van der Waals surface area contributed by atoms with Crippen LogP contribution in [0, 0.1) is 0 Å².